The van der Waals surface area contributed by atoms with Crippen LogP contribution in [0.3, 0.4) is 0 Å². The van der Waals surface area contributed by atoms with E-state index in [0.717, 1.165) is 25.2 Å². The van der Waals surface area contributed by atoms with Crippen molar-refractivity contribution in [1.29, 1.82) is 0 Å². The second-order valence-electron chi connectivity index (χ2n) is 6.30. The standard InChI is InChI=1S/C18H27NO2/c1-19-18(11-10-15-6-2-3-12-20-15)14-5-4-7-17(13-14)21-16-8-9-16/h4-5,7,13,15-16,18-19H,2-3,6,8-12H2,1H3. The van der Waals surface area contributed by atoms with Gasteiger partial charge in [-0.2, -0.15) is 0 Å². The minimum absolute atomic E-state index is 0.387. The molecule has 0 bridgehead atoms. The third-order valence-corrected chi connectivity index (χ3v) is 4.49. The van der Waals surface area contributed by atoms with E-state index in [4.69, 9.17) is 9.47 Å². The van der Waals surface area contributed by atoms with E-state index in [0.29, 0.717) is 18.2 Å². The van der Waals surface area contributed by atoms with Gasteiger partial charge in [-0.1, -0.05) is 12.1 Å². The normalized spacial score (nSPS) is 23.8. The summed E-state index contributed by atoms with van der Waals surface area (Å²) in [6, 6.07) is 8.95. The molecule has 2 fully saturated rings. The van der Waals surface area contributed by atoms with Gasteiger partial charge in [0.2, 0.25) is 0 Å². The van der Waals surface area contributed by atoms with Crippen LogP contribution < -0.4 is 10.1 Å². The average molecular weight is 289 g/mol. The van der Waals surface area contributed by atoms with Gasteiger partial charge in [0, 0.05) is 12.6 Å². The molecule has 0 amide bonds. The van der Waals surface area contributed by atoms with Crippen LogP contribution in [0.15, 0.2) is 24.3 Å². The van der Waals surface area contributed by atoms with E-state index in [1.54, 1.807) is 0 Å². The molecule has 2 unspecified atom stereocenters. The second-order valence-corrected chi connectivity index (χ2v) is 6.30. The first-order valence-corrected chi connectivity index (χ1v) is 8.40. The molecule has 1 aliphatic heterocycles. The van der Waals surface area contributed by atoms with Gasteiger partial charge < -0.3 is 14.8 Å². The zero-order valence-electron chi connectivity index (χ0n) is 13.0. The minimum Gasteiger partial charge on any atom is -0.490 e. The Bertz CT molecular complexity index is 439. The molecule has 1 aromatic carbocycles. The molecule has 3 nitrogen and oxygen atoms in total. The molecule has 0 aromatic heterocycles. The highest BCUT2D eigenvalue weighted by molar-refractivity contribution is 5.31. The first-order valence-electron chi connectivity index (χ1n) is 8.40. The number of rotatable bonds is 7. The summed E-state index contributed by atoms with van der Waals surface area (Å²) in [6.07, 6.45) is 9.36. The van der Waals surface area contributed by atoms with Crippen LogP contribution in [0.5, 0.6) is 5.75 Å². The summed E-state index contributed by atoms with van der Waals surface area (Å²) in [4.78, 5) is 0. The topological polar surface area (TPSA) is 30.5 Å². The smallest absolute Gasteiger partial charge is 0.120 e. The number of hydrogen-bond donors (Lipinski definition) is 1. The number of nitrogens with one attached hydrogen (secondary N) is 1. The first-order chi connectivity index (χ1) is 10.3. The maximum Gasteiger partial charge on any atom is 0.120 e. The Morgan fingerprint density at radius 3 is 2.90 bits per heavy atom. The zero-order valence-corrected chi connectivity index (χ0v) is 13.0. The Balaban J connectivity index is 1.56. The van der Waals surface area contributed by atoms with Gasteiger partial charge in [-0.3, -0.25) is 0 Å². The molecule has 116 valence electrons. The van der Waals surface area contributed by atoms with E-state index in [9.17, 15) is 0 Å². The molecule has 1 aliphatic carbocycles. The second kappa shape index (κ2) is 7.28. The van der Waals surface area contributed by atoms with Crippen LogP contribution in [-0.2, 0) is 4.74 Å². The highest BCUT2D eigenvalue weighted by Gasteiger charge is 2.24. The summed E-state index contributed by atoms with van der Waals surface area (Å²) < 4.78 is 11.7. The van der Waals surface area contributed by atoms with Gasteiger partial charge in [-0.25, -0.2) is 0 Å². The molecule has 1 N–H and O–H groups in total. The maximum absolute atomic E-state index is 5.90. The summed E-state index contributed by atoms with van der Waals surface area (Å²) in [5.74, 6) is 1.02. The van der Waals surface area contributed by atoms with Crippen LogP contribution in [0, 0.1) is 0 Å². The maximum atomic E-state index is 5.90. The van der Waals surface area contributed by atoms with Gasteiger partial charge in [0.25, 0.3) is 0 Å². The highest BCUT2D eigenvalue weighted by Crippen LogP contribution is 2.30. The Morgan fingerprint density at radius 1 is 1.29 bits per heavy atom. The largest absolute Gasteiger partial charge is 0.490 e. The summed E-state index contributed by atoms with van der Waals surface area (Å²) in [7, 11) is 2.04. The van der Waals surface area contributed by atoms with Gasteiger partial charge in [0.15, 0.2) is 0 Å². The molecule has 1 saturated carbocycles. The zero-order chi connectivity index (χ0) is 14.5. The third kappa shape index (κ3) is 4.45. The molecule has 0 spiro atoms. The summed E-state index contributed by atoms with van der Waals surface area (Å²) >= 11 is 0. The fraction of sp³-hybridized carbons (Fsp3) is 0.667. The Kier molecular flexibility index (Phi) is 5.15. The predicted molar refractivity (Wildman–Crippen MR) is 84.7 cm³/mol. The summed E-state index contributed by atoms with van der Waals surface area (Å²) in [5, 5.41) is 3.44. The van der Waals surface area contributed by atoms with Crippen molar-refractivity contribution >= 4 is 0 Å². The SMILES string of the molecule is CNC(CCC1CCCCO1)c1cccc(OC2CC2)c1. The Labute approximate surface area is 128 Å². The minimum atomic E-state index is 0.387. The lowest BCUT2D eigenvalue weighted by molar-refractivity contribution is 0.00866. The fourth-order valence-corrected chi connectivity index (χ4v) is 3.05. The first kappa shape index (κ1) is 14.9. The van der Waals surface area contributed by atoms with Gasteiger partial charge in [-0.05, 0) is 69.7 Å². The van der Waals surface area contributed by atoms with E-state index < -0.39 is 0 Å². The molecule has 2 atom stereocenters. The number of ether oxygens (including phenoxy) is 2. The molecule has 1 saturated heterocycles. The quantitative estimate of drug-likeness (QED) is 0.827. The van der Waals surface area contributed by atoms with E-state index in [2.05, 4.69) is 29.6 Å². The van der Waals surface area contributed by atoms with E-state index in [1.807, 2.05) is 7.05 Å². The van der Waals surface area contributed by atoms with Gasteiger partial charge in [0.05, 0.1) is 12.2 Å². The Hall–Kier alpha value is -1.06. The van der Waals surface area contributed by atoms with Crippen LogP contribution in [0.2, 0.25) is 0 Å². The van der Waals surface area contributed by atoms with Crippen molar-refractivity contribution in [2.75, 3.05) is 13.7 Å². The van der Waals surface area contributed by atoms with E-state index in [-0.39, 0.29) is 0 Å². The van der Waals surface area contributed by atoms with Crippen molar-refractivity contribution in [2.24, 2.45) is 0 Å². The number of benzene rings is 1. The van der Waals surface area contributed by atoms with Crippen molar-refractivity contribution in [3.05, 3.63) is 29.8 Å². The highest BCUT2D eigenvalue weighted by atomic mass is 16.5. The third-order valence-electron chi connectivity index (χ3n) is 4.49. The molecular formula is C18H27NO2. The van der Waals surface area contributed by atoms with Crippen molar-refractivity contribution in [2.45, 2.75) is 63.2 Å². The summed E-state index contributed by atoms with van der Waals surface area (Å²) in [5.41, 5.74) is 1.33. The molecule has 1 aromatic rings. The summed E-state index contributed by atoms with van der Waals surface area (Å²) in [6.45, 7) is 0.944. The van der Waals surface area contributed by atoms with Crippen LogP contribution in [0.4, 0.5) is 0 Å². The van der Waals surface area contributed by atoms with Gasteiger partial charge in [0.1, 0.15) is 5.75 Å². The molecular weight excluding hydrogens is 262 g/mol. The molecule has 3 heteroatoms. The lowest BCUT2D eigenvalue weighted by Crippen LogP contribution is -2.23. The average Bonchev–Trinajstić information content (AvgIpc) is 3.33. The monoisotopic (exact) mass is 289 g/mol. The lowest BCUT2D eigenvalue weighted by atomic mass is 9.97. The van der Waals surface area contributed by atoms with Gasteiger partial charge in [-0.15, -0.1) is 0 Å². The molecule has 3 rings (SSSR count). The van der Waals surface area contributed by atoms with Crippen molar-refractivity contribution in [1.82, 2.24) is 5.32 Å². The van der Waals surface area contributed by atoms with E-state index in [1.165, 1.54) is 37.7 Å². The van der Waals surface area contributed by atoms with Gasteiger partial charge >= 0.3 is 0 Å². The van der Waals surface area contributed by atoms with Crippen LogP contribution >= 0.6 is 0 Å². The molecule has 21 heavy (non-hydrogen) atoms. The molecule has 0 radical (unpaired) electrons. The van der Waals surface area contributed by atoms with E-state index >= 15 is 0 Å². The fourth-order valence-electron chi connectivity index (χ4n) is 3.05. The number of hydrogen-bond acceptors (Lipinski definition) is 3. The van der Waals surface area contributed by atoms with Crippen LogP contribution in [-0.4, -0.2) is 25.9 Å². The Morgan fingerprint density at radius 2 is 2.19 bits per heavy atom. The predicted octanol–water partition coefficient (Wildman–Crippen LogP) is 3.84. The molecule has 2 aliphatic rings. The van der Waals surface area contributed by atoms with Crippen molar-refractivity contribution in [3.63, 3.8) is 0 Å². The van der Waals surface area contributed by atoms with Crippen LogP contribution in [0.1, 0.15) is 56.6 Å². The lowest BCUT2D eigenvalue weighted by Gasteiger charge is -2.25. The molecule has 1 heterocycles. The van der Waals surface area contributed by atoms with Crippen LogP contribution in [0.25, 0.3) is 0 Å². The van der Waals surface area contributed by atoms with Crippen molar-refractivity contribution in [3.8, 4) is 5.75 Å². The van der Waals surface area contributed by atoms with Crippen molar-refractivity contribution < 1.29 is 9.47 Å².